The molecule has 2 nitrogen and oxygen atoms in total. The number of hydrogen-bond acceptors (Lipinski definition) is 2. The number of hydrogen-bond donors (Lipinski definition) is 1. The van der Waals surface area contributed by atoms with Crippen molar-refractivity contribution >= 4 is 11.6 Å². The van der Waals surface area contributed by atoms with Crippen molar-refractivity contribution in [1.82, 2.24) is 10.2 Å². The highest BCUT2D eigenvalue weighted by Gasteiger charge is 2.25. The van der Waals surface area contributed by atoms with Gasteiger partial charge in [-0.2, -0.15) is 0 Å². The molecule has 1 aromatic carbocycles. The van der Waals surface area contributed by atoms with E-state index in [1.165, 1.54) is 6.07 Å². The largest absolute Gasteiger partial charge is 0.314 e. The summed E-state index contributed by atoms with van der Waals surface area (Å²) in [4.78, 5) is 2.34. The number of nitrogens with zero attached hydrogens (tertiary/aromatic N) is 1. The predicted octanol–water partition coefficient (Wildman–Crippen LogP) is 3.23. The van der Waals surface area contributed by atoms with Gasteiger partial charge in [-0.15, -0.1) is 0 Å². The molecule has 4 heteroatoms. The van der Waals surface area contributed by atoms with E-state index >= 15 is 0 Å². The molecule has 1 heterocycles. The molecule has 18 heavy (non-hydrogen) atoms. The van der Waals surface area contributed by atoms with Crippen LogP contribution in [0.25, 0.3) is 0 Å². The molecule has 0 aliphatic carbocycles. The Labute approximate surface area is 113 Å². The van der Waals surface area contributed by atoms with Crippen molar-refractivity contribution < 1.29 is 4.39 Å². The lowest BCUT2D eigenvalue weighted by atomic mass is 9.99. The number of piperazine rings is 1. The fraction of sp³-hybridized carbons (Fsp3) is 0.571. The van der Waals surface area contributed by atoms with Crippen LogP contribution in [0.1, 0.15) is 31.4 Å². The van der Waals surface area contributed by atoms with Crippen LogP contribution < -0.4 is 5.32 Å². The van der Waals surface area contributed by atoms with Crippen molar-refractivity contribution in [2.24, 2.45) is 0 Å². The lowest BCUT2D eigenvalue weighted by molar-refractivity contribution is 0.161. The van der Waals surface area contributed by atoms with Crippen LogP contribution in [0.3, 0.4) is 0 Å². The molecule has 0 amide bonds. The van der Waals surface area contributed by atoms with Gasteiger partial charge in [-0.1, -0.05) is 31.0 Å². The van der Waals surface area contributed by atoms with Crippen LogP contribution in [0, 0.1) is 5.82 Å². The van der Waals surface area contributed by atoms with Crippen LogP contribution in [0.15, 0.2) is 18.2 Å². The predicted molar refractivity (Wildman–Crippen MR) is 73.5 cm³/mol. The molecule has 1 saturated heterocycles. The molecule has 0 spiro atoms. The molecule has 0 aromatic heterocycles. The van der Waals surface area contributed by atoms with Crippen LogP contribution in [-0.4, -0.2) is 31.1 Å². The van der Waals surface area contributed by atoms with Crippen molar-refractivity contribution in [2.75, 3.05) is 26.2 Å². The summed E-state index contributed by atoms with van der Waals surface area (Å²) >= 11 is 6.20. The van der Waals surface area contributed by atoms with Gasteiger partial charge in [0, 0.05) is 42.8 Å². The Morgan fingerprint density at radius 2 is 2.11 bits per heavy atom. The summed E-state index contributed by atoms with van der Waals surface area (Å²) < 4.78 is 14.1. The fourth-order valence-electron chi connectivity index (χ4n) is 2.61. The minimum absolute atomic E-state index is 0.103. The Morgan fingerprint density at radius 3 is 2.72 bits per heavy atom. The zero-order valence-electron chi connectivity index (χ0n) is 10.8. The average molecular weight is 271 g/mol. The quantitative estimate of drug-likeness (QED) is 0.904. The molecule has 1 fully saturated rings. The van der Waals surface area contributed by atoms with E-state index in [9.17, 15) is 4.39 Å². The number of halogens is 2. The maximum Gasteiger partial charge on any atom is 0.129 e. The van der Waals surface area contributed by atoms with Crippen molar-refractivity contribution in [1.29, 1.82) is 0 Å². The van der Waals surface area contributed by atoms with Gasteiger partial charge >= 0.3 is 0 Å². The molecule has 2 rings (SSSR count). The normalized spacial score (nSPS) is 18.8. The first-order chi connectivity index (χ1) is 8.74. The third-order valence-corrected chi connectivity index (χ3v) is 3.82. The van der Waals surface area contributed by atoms with Gasteiger partial charge in [0.05, 0.1) is 0 Å². The van der Waals surface area contributed by atoms with E-state index < -0.39 is 0 Å². The molecule has 0 saturated carbocycles. The summed E-state index contributed by atoms with van der Waals surface area (Å²) in [5.41, 5.74) is 0.669. The smallest absolute Gasteiger partial charge is 0.129 e. The second-order valence-electron chi connectivity index (χ2n) is 4.73. The van der Waals surface area contributed by atoms with E-state index in [4.69, 9.17) is 11.6 Å². The Bertz CT molecular complexity index is 371. The highest BCUT2D eigenvalue weighted by molar-refractivity contribution is 6.31. The Balaban J connectivity index is 2.28. The van der Waals surface area contributed by atoms with Crippen molar-refractivity contribution in [3.8, 4) is 0 Å². The van der Waals surface area contributed by atoms with Gasteiger partial charge in [0.25, 0.3) is 0 Å². The monoisotopic (exact) mass is 270 g/mol. The minimum atomic E-state index is -0.181. The molecular weight excluding hydrogens is 251 g/mol. The third-order valence-electron chi connectivity index (χ3n) is 3.49. The maximum absolute atomic E-state index is 14.1. The maximum atomic E-state index is 14.1. The highest BCUT2D eigenvalue weighted by Crippen LogP contribution is 2.33. The van der Waals surface area contributed by atoms with E-state index in [2.05, 4.69) is 17.1 Å². The molecule has 0 unspecified atom stereocenters. The van der Waals surface area contributed by atoms with Crippen LogP contribution in [0.5, 0.6) is 0 Å². The van der Waals surface area contributed by atoms with E-state index in [0.29, 0.717) is 10.6 Å². The summed E-state index contributed by atoms with van der Waals surface area (Å²) in [7, 11) is 0. The summed E-state index contributed by atoms with van der Waals surface area (Å²) in [6, 6.07) is 5.06. The van der Waals surface area contributed by atoms with Gasteiger partial charge in [-0.05, 0) is 18.6 Å². The molecule has 1 N–H and O–H groups in total. The third kappa shape index (κ3) is 3.02. The molecule has 0 bridgehead atoms. The fourth-order valence-corrected chi connectivity index (χ4v) is 2.89. The van der Waals surface area contributed by atoms with Gasteiger partial charge in [0.15, 0.2) is 0 Å². The summed E-state index contributed by atoms with van der Waals surface area (Å²) in [6.45, 7) is 5.97. The summed E-state index contributed by atoms with van der Waals surface area (Å²) in [5.74, 6) is -0.181. The van der Waals surface area contributed by atoms with Crippen LogP contribution >= 0.6 is 11.6 Å². The van der Waals surface area contributed by atoms with Gasteiger partial charge in [0.2, 0.25) is 0 Å². The van der Waals surface area contributed by atoms with E-state index in [1.54, 1.807) is 12.1 Å². The number of nitrogens with one attached hydrogen (secondary N) is 1. The van der Waals surface area contributed by atoms with Crippen molar-refractivity contribution in [2.45, 2.75) is 25.8 Å². The minimum Gasteiger partial charge on any atom is -0.314 e. The second-order valence-corrected chi connectivity index (χ2v) is 5.13. The summed E-state index contributed by atoms with van der Waals surface area (Å²) in [6.07, 6.45) is 1.97. The van der Waals surface area contributed by atoms with Gasteiger partial charge < -0.3 is 5.32 Å². The molecule has 1 aliphatic rings. The molecule has 100 valence electrons. The van der Waals surface area contributed by atoms with E-state index in [-0.39, 0.29) is 11.9 Å². The molecular formula is C14H20ClFN2. The van der Waals surface area contributed by atoms with Gasteiger partial charge in [-0.3, -0.25) is 4.90 Å². The Kier molecular flexibility index (Phi) is 4.98. The summed E-state index contributed by atoms with van der Waals surface area (Å²) in [5, 5.41) is 3.87. The van der Waals surface area contributed by atoms with Crippen molar-refractivity contribution in [3.05, 3.63) is 34.6 Å². The van der Waals surface area contributed by atoms with Crippen LogP contribution in [0.4, 0.5) is 4.39 Å². The van der Waals surface area contributed by atoms with Gasteiger partial charge in [-0.25, -0.2) is 4.39 Å². The average Bonchev–Trinajstić information content (AvgIpc) is 2.38. The molecule has 1 aromatic rings. The SMILES string of the molecule is CCC[C@@H](c1c(F)cccc1Cl)N1CCNCC1. The topological polar surface area (TPSA) is 15.3 Å². The lowest BCUT2D eigenvalue weighted by Gasteiger charge is -2.35. The molecule has 1 atom stereocenters. The molecule has 0 radical (unpaired) electrons. The van der Waals surface area contributed by atoms with Gasteiger partial charge in [0.1, 0.15) is 5.82 Å². The number of benzene rings is 1. The number of rotatable bonds is 4. The van der Waals surface area contributed by atoms with Crippen LogP contribution in [-0.2, 0) is 0 Å². The Morgan fingerprint density at radius 1 is 1.39 bits per heavy atom. The standard InChI is InChI=1S/C14H20ClFN2/c1-2-4-13(18-9-7-17-8-10-18)14-11(15)5-3-6-12(14)16/h3,5-6,13,17H,2,4,7-10H2,1H3/t13-/m0/s1. The molecule has 1 aliphatic heterocycles. The highest BCUT2D eigenvalue weighted by atomic mass is 35.5. The van der Waals surface area contributed by atoms with E-state index in [1.807, 2.05) is 0 Å². The first kappa shape index (κ1) is 13.8. The zero-order valence-corrected chi connectivity index (χ0v) is 11.5. The lowest BCUT2D eigenvalue weighted by Crippen LogP contribution is -2.45. The van der Waals surface area contributed by atoms with E-state index in [0.717, 1.165) is 39.0 Å². The first-order valence-corrected chi connectivity index (χ1v) is 7.00. The second kappa shape index (κ2) is 6.50. The zero-order chi connectivity index (χ0) is 13.0. The Hall–Kier alpha value is -0.640. The van der Waals surface area contributed by atoms with Crippen LogP contribution in [0.2, 0.25) is 5.02 Å². The first-order valence-electron chi connectivity index (χ1n) is 6.62. The van der Waals surface area contributed by atoms with Crippen molar-refractivity contribution in [3.63, 3.8) is 0 Å².